The number of nitrogens with zero attached hydrogens (tertiary/aromatic N) is 4. The minimum atomic E-state index is -0.702. The zero-order chi connectivity index (χ0) is 20.8. The Bertz CT molecular complexity index is 1270. The largest absolute Gasteiger partial charge is 0.364 e. The first-order valence-electron chi connectivity index (χ1n) is 9.85. The van der Waals surface area contributed by atoms with Crippen molar-refractivity contribution in [1.82, 2.24) is 19.7 Å². The van der Waals surface area contributed by atoms with Gasteiger partial charge in [0.1, 0.15) is 11.2 Å². The van der Waals surface area contributed by atoms with Gasteiger partial charge in [0.25, 0.3) is 5.91 Å². The number of fused-ring (bicyclic) bond motifs is 1. The van der Waals surface area contributed by atoms with E-state index in [9.17, 15) is 4.79 Å². The van der Waals surface area contributed by atoms with Gasteiger partial charge in [0.15, 0.2) is 5.82 Å². The maximum Gasteiger partial charge on any atom is 0.267 e. The molecule has 3 aromatic heterocycles. The number of hydrogen-bond donors (Lipinski definition) is 1. The second-order valence-corrected chi connectivity index (χ2v) is 7.80. The molecule has 1 amide bonds. The molecule has 0 saturated heterocycles. The zero-order valence-corrected chi connectivity index (χ0v) is 16.5. The first-order valence-corrected chi connectivity index (χ1v) is 9.85. The molecular formula is C23H20FN5O. The van der Waals surface area contributed by atoms with E-state index in [0.29, 0.717) is 28.9 Å². The van der Waals surface area contributed by atoms with Crippen LogP contribution in [-0.4, -0.2) is 25.7 Å². The molecule has 0 unspecified atom stereocenters. The summed E-state index contributed by atoms with van der Waals surface area (Å²) >= 11 is 0. The van der Waals surface area contributed by atoms with Crippen molar-refractivity contribution in [2.24, 2.45) is 12.8 Å². The van der Waals surface area contributed by atoms with Gasteiger partial charge >= 0.3 is 0 Å². The third-order valence-electron chi connectivity index (χ3n) is 5.51. The Morgan fingerprint density at radius 2 is 2.07 bits per heavy atom. The van der Waals surface area contributed by atoms with Crippen molar-refractivity contribution in [3.8, 4) is 11.1 Å². The van der Waals surface area contributed by atoms with E-state index in [4.69, 9.17) is 5.73 Å². The van der Waals surface area contributed by atoms with Gasteiger partial charge < -0.3 is 5.73 Å². The van der Waals surface area contributed by atoms with Gasteiger partial charge in [0.2, 0.25) is 0 Å². The van der Waals surface area contributed by atoms with Gasteiger partial charge in [-0.2, -0.15) is 5.10 Å². The van der Waals surface area contributed by atoms with Crippen LogP contribution in [0.2, 0.25) is 0 Å². The van der Waals surface area contributed by atoms with Crippen molar-refractivity contribution in [3.05, 3.63) is 77.3 Å². The fourth-order valence-corrected chi connectivity index (χ4v) is 3.74. The monoisotopic (exact) mass is 401 g/mol. The SMILES string of the molecule is Cn1cc(-c2cc(C(N)=O)nc3c(F)c(Cc4ccc(C5CC5)nc4)ccc23)cn1. The van der Waals surface area contributed by atoms with E-state index in [1.165, 1.54) is 12.8 Å². The topological polar surface area (TPSA) is 86.7 Å². The molecule has 0 spiro atoms. The standard InChI is InChI=1S/C23H20FN5O/c1-29-12-16(11-27-29)18-9-20(23(25)30)28-22-17(18)6-5-15(21(22)24)8-13-2-7-19(26-10-13)14-3-4-14/h2,5-7,9-12,14H,3-4,8H2,1H3,(H2,25,30). The van der Waals surface area contributed by atoms with E-state index >= 15 is 4.39 Å². The number of primary amides is 1. The van der Waals surface area contributed by atoms with Crippen LogP contribution in [0.5, 0.6) is 0 Å². The number of rotatable bonds is 5. The zero-order valence-electron chi connectivity index (χ0n) is 16.5. The van der Waals surface area contributed by atoms with Gasteiger partial charge in [-0.15, -0.1) is 0 Å². The molecule has 0 bridgehead atoms. The van der Waals surface area contributed by atoms with Crippen LogP contribution in [-0.2, 0) is 13.5 Å². The Morgan fingerprint density at radius 1 is 1.23 bits per heavy atom. The van der Waals surface area contributed by atoms with Gasteiger partial charge in [0, 0.05) is 48.4 Å². The van der Waals surface area contributed by atoms with Gasteiger partial charge in [-0.05, 0) is 41.7 Å². The normalized spacial score (nSPS) is 13.7. The number of aryl methyl sites for hydroxylation is 1. The molecule has 1 aliphatic rings. The summed E-state index contributed by atoms with van der Waals surface area (Å²) in [5.74, 6) is -0.572. The first-order chi connectivity index (χ1) is 14.5. The fraction of sp³-hybridized carbons (Fsp3) is 0.217. The molecule has 6 nitrogen and oxygen atoms in total. The highest BCUT2D eigenvalue weighted by Gasteiger charge is 2.24. The average molecular weight is 401 g/mol. The number of carbonyl (C=O) groups is 1. The van der Waals surface area contributed by atoms with Crippen LogP contribution in [0.4, 0.5) is 4.39 Å². The van der Waals surface area contributed by atoms with Crippen LogP contribution in [0, 0.1) is 5.82 Å². The van der Waals surface area contributed by atoms with Crippen LogP contribution in [0.25, 0.3) is 22.0 Å². The molecule has 0 radical (unpaired) electrons. The maximum absolute atomic E-state index is 15.5. The van der Waals surface area contributed by atoms with E-state index in [-0.39, 0.29) is 11.2 Å². The summed E-state index contributed by atoms with van der Waals surface area (Å²) in [5, 5.41) is 4.78. The maximum atomic E-state index is 15.5. The van der Waals surface area contributed by atoms with Crippen LogP contribution in [0.1, 0.15) is 46.1 Å². The van der Waals surface area contributed by atoms with Crippen LogP contribution in [0.15, 0.2) is 48.9 Å². The molecule has 1 fully saturated rings. The van der Waals surface area contributed by atoms with E-state index in [1.54, 1.807) is 36.3 Å². The average Bonchev–Trinajstić information content (AvgIpc) is 3.50. The summed E-state index contributed by atoms with van der Waals surface area (Å²) in [6, 6.07) is 9.20. The van der Waals surface area contributed by atoms with Crippen molar-refractivity contribution in [2.75, 3.05) is 0 Å². The molecule has 1 aromatic carbocycles. The molecule has 0 aliphatic heterocycles. The number of hydrogen-bond acceptors (Lipinski definition) is 4. The highest BCUT2D eigenvalue weighted by atomic mass is 19.1. The Labute approximate surface area is 172 Å². The number of pyridine rings is 2. The van der Waals surface area contributed by atoms with Gasteiger partial charge in [-0.1, -0.05) is 18.2 Å². The third kappa shape index (κ3) is 3.32. The van der Waals surface area contributed by atoms with Crippen molar-refractivity contribution in [3.63, 3.8) is 0 Å². The van der Waals surface area contributed by atoms with Crippen LogP contribution in [0.3, 0.4) is 0 Å². The van der Waals surface area contributed by atoms with E-state index in [1.807, 2.05) is 24.4 Å². The highest BCUT2D eigenvalue weighted by Crippen LogP contribution is 2.39. The molecule has 1 saturated carbocycles. The van der Waals surface area contributed by atoms with Gasteiger partial charge in [-0.3, -0.25) is 14.5 Å². The predicted molar refractivity (Wildman–Crippen MR) is 111 cm³/mol. The summed E-state index contributed by atoms with van der Waals surface area (Å²) in [6.45, 7) is 0. The molecule has 150 valence electrons. The van der Waals surface area contributed by atoms with Crippen LogP contribution < -0.4 is 5.73 Å². The second-order valence-electron chi connectivity index (χ2n) is 7.80. The van der Waals surface area contributed by atoms with Gasteiger partial charge in [-0.25, -0.2) is 9.37 Å². The minimum Gasteiger partial charge on any atom is -0.364 e. The van der Waals surface area contributed by atoms with Crippen molar-refractivity contribution >= 4 is 16.8 Å². The number of nitrogens with two attached hydrogens (primary N) is 1. The number of aromatic nitrogens is 4. The summed E-state index contributed by atoms with van der Waals surface area (Å²) in [6.07, 6.45) is 8.06. The number of carbonyl (C=O) groups excluding carboxylic acids is 1. The minimum absolute atomic E-state index is 0.0212. The van der Waals surface area contributed by atoms with Crippen molar-refractivity contribution in [1.29, 1.82) is 0 Å². The smallest absolute Gasteiger partial charge is 0.267 e. The Hall–Kier alpha value is -3.61. The summed E-state index contributed by atoms with van der Waals surface area (Å²) in [5.41, 5.74) is 9.57. The summed E-state index contributed by atoms with van der Waals surface area (Å²) < 4.78 is 17.1. The second kappa shape index (κ2) is 7.02. The van der Waals surface area contributed by atoms with E-state index < -0.39 is 11.7 Å². The first kappa shape index (κ1) is 18.4. The Kier molecular flexibility index (Phi) is 4.31. The fourth-order valence-electron chi connectivity index (χ4n) is 3.74. The summed E-state index contributed by atoms with van der Waals surface area (Å²) in [4.78, 5) is 20.6. The molecule has 7 heteroatoms. The third-order valence-corrected chi connectivity index (χ3v) is 5.51. The predicted octanol–water partition coefficient (Wildman–Crippen LogP) is 3.74. The van der Waals surface area contributed by atoms with Crippen molar-refractivity contribution < 1.29 is 9.18 Å². The Morgan fingerprint density at radius 3 is 2.70 bits per heavy atom. The van der Waals surface area contributed by atoms with Crippen molar-refractivity contribution in [2.45, 2.75) is 25.2 Å². The molecular weight excluding hydrogens is 381 g/mol. The lowest BCUT2D eigenvalue weighted by Crippen LogP contribution is -2.13. The van der Waals surface area contributed by atoms with Crippen LogP contribution >= 0.6 is 0 Å². The molecule has 2 N–H and O–H groups in total. The molecule has 1 aliphatic carbocycles. The van der Waals surface area contributed by atoms with E-state index in [0.717, 1.165) is 16.8 Å². The highest BCUT2D eigenvalue weighted by molar-refractivity contribution is 6.01. The summed E-state index contributed by atoms with van der Waals surface area (Å²) in [7, 11) is 1.79. The Balaban J connectivity index is 1.59. The molecule has 4 aromatic rings. The quantitative estimate of drug-likeness (QED) is 0.552. The lowest BCUT2D eigenvalue weighted by Gasteiger charge is -2.11. The lowest BCUT2D eigenvalue weighted by molar-refractivity contribution is 0.0996. The molecule has 0 atom stereocenters. The molecule has 5 rings (SSSR count). The van der Waals surface area contributed by atoms with Gasteiger partial charge in [0.05, 0.1) is 6.20 Å². The number of benzene rings is 1. The lowest BCUT2D eigenvalue weighted by atomic mass is 9.98. The number of amides is 1. The molecule has 30 heavy (non-hydrogen) atoms. The molecule has 3 heterocycles. The number of halogens is 1. The van der Waals surface area contributed by atoms with E-state index in [2.05, 4.69) is 15.1 Å².